The van der Waals surface area contributed by atoms with E-state index < -0.39 is 0 Å². The normalized spacial score (nSPS) is 10.7. The smallest absolute Gasteiger partial charge is 0.230 e. The van der Waals surface area contributed by atoms with Crippen molar-refractivity contribution in [2.24, 2.45) is 7.05 Å². The van der Waals surface area contributed by atoms with E-state index >= 15 is 0 Å². The van der Waals surface area contributed by atoms with Crippen LogP contribution in [-0.2, 0) is 18.3 Å². The molecule has 7 nitrogen and oxygen atoms in total. The number of hydrogen-bond acceptors (Lipinski definition) is 6. The van der Waals surface area contributed by atoms with Crippen LogP contribution < -0.4 is 14.8 Å². The third-order valence-electron chi connectivity index (χ3n) is 4.66. The maximum atomic E-state index is 12.2. The zero-order chi connectivity index (χ0) is 21.5. The summed E-state index contributed by atoms with van der Waals surface area (Å²) in [7, 11) is 5.13. The van der Waals surface area contributed by atoms with Gasteiger partial charge in [-0.05, 0) is 31.0 Å². The molecule has 3 aromatic rings. The summed E-state index contributed by atoms with van der Waals surface area (Å²) in [4.78, 5) is 12.2. The third-order valence-corrected chi connectivity index (χ3v) is 5.68. The minimum atomic E-state index is -0.0413. The fraction of sp³-hybridized carbons (Fsp3) is 0.318. The number of carbonyl (C=O) groups excluding carboxylic acids is 1. The number of amides is 1. The van der Waals surface area contributed by atoms with Crippen LogP contribution >= 0.6 is 11.8 Å². The minimum absolute atomic E-state index is 0.0413. The molecule has 0 saturated heterocycles. The second-order valence-corrected chi connectivity index (χ2v) is 7.75. The van der Waals surface area contributed by atoms with Crippen LogP contribution in [0.5, 0.6) is 11.5 Å². The van der Waals surface area contributed by atoms with Gasteiger partial charge < -0.3 is 19.4 Å². The maximum Gasteiger partial charge on any atom is 0.230 e. The Labute approximate surface area is 180 Å². The number of aryl methyl sites for hydroxylation is 1. The molecule has 1 aromatic heterocycles. The summed E-state index contributed by atoms with van der Waals surface area (Å²) in [6, 6.07) is 13.9. The number of rotatable bonds is 9. The molecule has 0 fully saturated rings. The Morgan fingerprint density at radius 1 is 1.07 bits per heavy atom. The summed E-state index contributed by atoms with van der Waals surface area (Å²) < 4.78 is 12.5. The monoisotopic (exact) mass is 426 g/mol. The largest absolute Gasteiger partial charge is 0.493 e. The van der Waals surface area contributed by atoms with Gasteiger partial charge in [0.2, 0.25) is 5.91 Å². The molecule has 8 heteroatoms. The third kappa shape index (κ3) is 5.33. The number of carbonyl (C=O) groups is 1. The average molecular weight is 427 g/mol. The number of hydrogen-bond donors (Lipinski definition) is 1. The lowest BCUT2D eigenvalue weighted by Gasteiger charge is -2.10. The number of aromatic nitrogens is 3. The van der Waals surface area contributed by atoms with Crippen LogP contribution in [0.3, 0.4) is 0 Å². The molecule has 0 bridgehead atoms. The van der Waals surface area contributed by atoms with Crippen molar-refractivity contribution in [3.63, 3.8) is 0 Å². The van der Waals surface area contributed by atoms with Gasteiger partial charge in [0.25, 0.3) is 0 Å². The zero-order valence-electron chi connectivity index (χ0n) is 17.6. The SMILES string of the molecule is COc1ccc(CCNC(=O)CSc2nnc(-c3ccc(C)cc3)n2C)cc1OC. The molecule has 1 heterocycles. The Balaban J connectivity index is 1.49. The van der Waals surface area contributed by atoms with Gasteiger partial charge in [0.05, 0.1) is 20.0 Å². The molecule has 0 atom stereocenters. The van der Waals surface area contributed by atoms with Crippen molar-refractivity contribution in [2.45, 2.75) is 18.5 Å². The highest BCUT2D eigenvalue weighted by atomic mass is 32.2. The molecule has 1 amide bonds. The topological polar surface area (TPSA) is 78.3 Å². The molecule has 30 heavy (non-hydrogen) atoms. The first-order valence-corrected chi connectivity index (χ1v) is 10.6. The highest BCUT2D eigenvalue weighted by molar-refractivity contribution is 7.99. The molecule has 0 unspecified atom stereocenters. The van der Waals surface area contributed by atoms with Crippen molar-refractivity contribution in [3.05, 3.63) is 53.6 Å². The van der Waals surface area contributed by atoms with Crippen molar-refractivity contribution in [3.8, 4) is 22.9 Å². The summed E-state index contributed by atoms with van der Waals surface area (Å²) in [6.45, 7) is 2.59. The molecule has 0 aliphatic carbocycles. The van der Waals surface area contributed by atoms with E-state index in [4.69, 9.17) is 9.47 Å². The van der Waals surface area contributed by atoms with E-state index in [1.54, 1.807) is 14.2 Å². The number of benzene rings is 2. The second-order valence-electron chi connectivity index (χ2n) is 6.81. The van der Waals surface area contributed by atoms with Crippen molar-refractivity contribution >= 4 is 17.7 Å². The zero-order valence-corrected chi connectivity index (χ0v) is 18.5. The van der Waals surface area contributed by atoms with Gasteiger partial charge in [-0.3, -0.25) is 4.79 Å². The summed E-state index contributed by atoms with van der Waals surface area (Å²) in [5.74, 6) is 2.40. The fourth-order valence-corrected chi connectivity index (χ4v) is 3.70. The van der Waals surface area contributed by atoms with Gasteiger partial charge in [0.1, 0.15) is 0 Å². The van der Waals surface area contributed by atoms with Crippen LogP contribution in [-0.4, -0.2) is 47.2 Å². The van der Waals surface area contributed by atoms with Gasteiger partial charge in [-0.25, -0.2) is 0 Å². The summed E-state index contributed by atoms with van der Waals surface area (Å²) >= 11 is 1.37. The standard InChI is InChI=1S/C22H26N4O3S/c1-15-5-8-17(9-6-15)21-24-25-22(26(21)2)30-14-20(27)23-12-11-16-7-10-18(28-3)19(13-16)29-4/h5-10,13H,11-12,14H2,1-4H3,(H,23,27). The van der Waals surface area contributed by atoms with Crippen molar-refractivity contribution in [2.75, 3.05) is 26.5 Å². The number of thioether (sulfide) groups is 1. The van der Waals surface area contributed by atoms with Gasteiger partial charge in [-0.15, -0.1) is 10.2 Å². The van der Waals surface area contributed by atoms with Gasteiger partial charge in [0.15, 0.2) is 22.5 Å². The van der Waals surface area contributed by atoms with E-state index in [1.165, 1.54) is 17.3 Å². The van der Waals surface area contributed by atoms with Crippen LogP contribution in [0.15, 0.2) is 47.6 Å². The lowest BCUT2D eigenvalue weighted by molar-refractivity contribution is -0.118. The molecule has 0 spiro atoms. The summed E-state index contributed by atoms with van der Waals surface area (Å²) in [5.41, 5.74) is 3.26. The van der Waals surface area contributed by atoms with Crippen molar-refractivity contribution in [1.82, 2.24) is 20.1 Å². The van der Waals surface area contributed by atoms with E-state index in [2.05, 4.69) is 15.5 Å². The van der Waals surface area contributed by atoms with Crippen LogP contribution in [0, 0.1) is 6.92 Å². The second kappa shape index (κ2) is 10.2. The number of nitrogens with zero attached hydrogens (tertiary/aromatic N) is 3. The first-order chi connectivity index (χ1) is 14.5. The lowest BCUT2D eigenvalue weighted by Crippen LogP contribution is -2.27. The van der Waals surface area contributed by atoms with Gasteiger partial charge >= 0.3 is 0 Å². The minimum Gasteiger partial charge on any atom is -0.493 e. The molecule has 0 aliphatic heterocycles. The average Bonchev–Trinajstić information content (AvgIpc) is 3.13. The van der Waals surface area contributed by atoms with E-state index in [0.717, 1.165) is 17.0 Å². The molecule has 0 radical (unpaired) electrons. The molecule has 158 valence electrons. The summed E-state index contributed by atoms with van der Waals surface area (Å²) in [5, 5.41) is 12.1. The molecular formula is C22H26N4O3S. The predicted octanol–water partition coefficient (Wildman–Crippen LogP) is 3.26. The van der Waals surface area contributed by atoms with E-state index in [-0.39, 0.29) is 11.7 Å². The van der Waals surface area contributed by atoms with E-state index in [9.17, 15) is 4.79 Å². The van der Waals surface area contributed by atoms with Crippen LogP contribution in [0.25, 0.3) is 11.4 Å². The Kier molecular flexibility index (Phi) is 7.35. The molecule has 0 saturated carbocycles. The van der Waals surface area contributed by atoms with Gasteiger partial charge in [-0.1, -0.05) is 47.7 Å². The Morgan fingerprint density at radius 2 is 1.80 bits per heavy atom. The number of nitrogens with one attached hydrogen (secondary N) is 1. The highest BCUT2D eigenvalue weighted by Crippen LogP contribution is 2.27. The molecular weight excluding hydrogens is 400 g/mol. The molecule has 3 rings (SSSR count). The Hall–Kier alpha value is -3.00. The van der Waals surface area contributed by atoms with Gasteiger partial charge in [-0.2, -0.15) is 0 Å². The van der Waals surface area contributed by atoms with Gasteiger partial charge in [0, 0.05) is 19.2 Å². The number of ether oxygens (including phenoxy) is 2. The first kappa shape index (κ1) is 21.7. The molecule has 0 aliphatic rings. The van der Waals surface area contributed by atoms with E-state index in [1.807, 2.05) is 61.0 Å². The van der Waals surface area contributed by atoms with E-state index in [0.29, 0.717) is 29.6 Å². The molecule has 2 aromatic carbocycles. The highest BCUT2D eigenvalue weighted by Gasteiger charge is 2.13. The Morgan fingerprint density at radius 3 is 2.50 bits per heavy atom. The quantitative estimate of drug-likeness (QED) is 0.529. The number of methoxy groups -OCH3 is 2. The fourth-order valence-electron chi connectivity index (χ4n) is 2.96. The van der Waals surface area contributed by atoms with Crippen LogP contribution in [0.2, 0.25) is 0 Å². The maximum absolute atomic E-state index is 12.2. The van der Waals surface area contributed by atoms with Crippen LogP contribution in [0.1, 0.15) is 11.1 Å². The van der Waals surface area contributed by atoms with Crippen molar-refractivity contribution in [1.29, 1.82) is 0 Å². The first-order valence-electron chi connectivity index (χ1n) is 9.58. The Bertz CT molecular complexity index is 1000. The predicted molar refractivity (Wildman–Crippen MR) is 118 cm³/mol. The molecule has 1 N–H and O–H groups in total. The van der Waals surface area contributed by atoms with Crippen molar-refractivity contribution < 1.29 is 14.3 Å². The lowest BCUT2D eigenvalue weighted by atomic mass is 10.1. The van der Waals surface area contributed by atoms with Crippen LogP contribution in [0.4, 0.5) is 0 Å². The summed E-state index contributed by atoms with van der Waals surface area (Å²) in [6.07, 6.45) is 0.707.